The first-order chi connectivity index (χ1) is 15.5. The molecule has 1 unspecified atom stereocenters. The Bertz CT molecular complexity index is 896. The van der Waals surface area contributed by atoms with E-state index in [1.54, 1.807) is 14.2 Å². The number of likely N-dealkylation sites (tertiary alicyclic amines) is 2. The number of nitrogens with two attached hydrogens (primary N) is 1. The first-order valence-corrected chi connectivity index (χ1v) is 11.6. The second-order valence-corrected chi connectivity index (χ2v) is 9.12. The maximum absolute atomic E-state index is 13.3. The number of hydrogen-bond donors (Lipinski definition) is 1. The van der Waals surface area contributed by atoms with E-state index in [1.165, 1.54) is 0 Å². The molecule has 180 valence electrons. The lowest BCUT2D eigenvalue weighted by Crippen LogP contribution is -2.45. The molecule has 2 heterocycles. The quantitative estimate of drug-likeness (QED) is 0.627. The number of benzene rings is 2. The van der Waals surface area contributed by atoms with Crippen LogP contribution >= 0.6 is 12.4 Å². The van der Waals surface area contributed by atoms with Gasteiger partial charge in [0.05, 0.1) is 19.6 Å². The Kier molecular flexibility index (Phi) is 8.63. The van der Waals surface area contributed by atoms with Crippen molar-refractivity contribution in [1.82, 2.24) is 9.80 Å². The summed E-state index contributed by atoms with van der Waals surface area (Å²) in [5.74, 6) is 2.03. The summed E-state index contributed by atoms with van der Waals surface area (Å²) in [6.45, 7) is 4.44. The molecule has 0 bridgehead atoms. The third-order valence-corrected chi connectivity index (χ3v) is 7.25. The highest BCUT2D eigenvalue weighted by molar-refractivity contribution is 5.85. The van der Waals surface area contributed by atoms with Crippen LogP contribution in [-0.4, -0.2) is 56.1 Å². The molecule has 1 spiro atoms. The van der Waals surface area contributed by atoms with Gasteiger partial charge in [0.15, 0.2) is 0 Å². The number of ether oxygens (including phenoxy) is 2. The number of amides is 1. The van der Waals surface area contributed by atoms with Gasteiger partial charge in [-0.05, 0) is 80.7 Å². The van der Waals surface area contributed by atoms with Gasteiger partial charge in [-0.3, -0.25) is 4.79 Å². The van der Waals surface area contributed by atoms with Crippen molar-refractivity contribution in [3.63, 3.8) is 0 Å². The molecule has 1 atom stereocenters. The van der Waals surface area contributed by atoms with Crippen LogP contribution in [0.1, 0.15) is 42.9 Å². The number of carbonyl (C=O) groups is 1. The van der Waals surface area contributed by atoms with Gasteiger partial charge >= 0.3 is 0 Å². The summed E-state index contributed by atoms with van der Waals surface area (Å²) in [7, 11) is 3.34. The number of rotatable bonds is 8. The molecule has 2 N–H and O–H groups in total. The maximum atomic E-state index is 13.3. The van der Waals surface area contributed by atoms with Crippen LogP contribution in [0.25, 0.3) is 0 Å². The van der Waals surface area contributed by atoms with Crippen molar-refractivity contribution in [3.8, 4) is 11.5 Å². The zero-order valence-corrected chi connectivity index (χ0v) is 20.5. The summed E-state index contributed by atoms with van der Waals surface area (Å²) < 4.78 is 10.5. The second-order valence-electron chi connectivity index (χ2n) is 9.12. The molecule has 2 saturated heterocycles. The van der Waals surface area contributed by atoms with Crippen LogP contribution in [0, 0.1) is 5.41 Å². The topological polar surface area (TPSA) is 68.0 Å². The first kappa shape index (κ1) is 25.3. The fourth-order valence-corrected chi connectivity index (χ4v) is 5.00. The Hall–Kier alpha value is -2.28. The maximum Gasteiger partial charge on any atom is 0.229 e. The van der Waals surface area contributed by atoms with Crippen LogP contribution in [0.2, 0.25) is 0 Å². The average molecular weight is 474 g/mol. The molecule has 0 aliphatic carbocycles. The number of methoxy groups -OCH3 is 2. The van der Waals surface area contributed by atoms with Crippen molar-refractivity contribution in [2.75, 3.05) is 40.4 Å². The Balaban J connectivity index is 0.00000306. The Morgan fingerprint density at radius 1 is 0.909 bits per heavy atom. The molecule has 4 rings (SSSR count). The lowest BCUT2D eigenvalue weighted by Gasteiger charge is -2.38. The van der Waals surface area contributed by atoms with E-state index in [0.717, 1.165) is 74.5 Å². The van der Waals surface area contributed by atoms with E-state index in [9.17, 15) is 4.79 Å². The highest BCUT2D eigenvalue weighted by atomic mass is 35.5. The van der Waals surface area contributed by atoms with Crippen molar-refractivity contribution in [3.05, 3.63) is 59.7 Å². The van der Waals surface area contributed by atoms with Crippen LogP contribution in [-0.2, 0) is 11.3 Å². The molecule has 2 aromatic carbocycles. The Morgan fingerprint density at radius 2 is 1.45 bits per heavy atom. The standard InChI is InChI=1S/C26H35N3O3.ClH/c1-31-22-7-3-20(4-8-22)19-29-18-14-26(25(29)30)12-16-28(17-13-26)15-11-24(27)21-5-9-23(32-2)10-6-21;/h3-10,24H,11-19,27H2,1-2H3;1H. The minimum Gasteiger partial charge on any atom is -0.497 e. The molecule has 1 amide bonds. The molecule has 7 heteroatoms. The summed E-state index contributed by atoms with van der Waals surface area (Å²) in [4.78, 5) is 17.8. The number of carbonyl (C=O) groups excluding carboxylic acids is 1. The fourth-order valence-electron chi connectivity index (χ4n) is 5.00. The highest BCUT2D eigenvalue weighted by Gasteiger charge is 2.47. The lowest BCUT2D eigenvalue weighted by atomic mass is 9.77. The number of hydrogen-bond acceptors (Lipinski definition) is 5. The normalized spacial score (nSPS) is 18.8. The van der Waals surface area contributed by atoms with Gasteiger partial charge in [0.2, 0.25) is 5.91 Å². The first-order valence-electron chi connectivity index (χ1n) is 11.6. The van der Waals surface area contributed by atoms with Gasteiger partial charge in [0.1, 0.15) is 11.5 Å². The van der Waals surface area contributed by atoms with Crippen molar-refractivity contribution < 1.29 is 14.3 Å². The average Bonchev–Trinajstić information content (AvgIpc) is 3.13. The minimum absolute atomic E-state index is 0. The van der Waals surface area contributed by atoms with Crippen molar-refractivity contribution in [2.24, 2.45) is 11.1 Å². The van der Waals surface area contributed by atoms with Gasteiger partial charge in [-0.1, -0.05) is 24.3 Å². The molecular formula is C26H36ClN3O3. The Labute approximate surface area is 203 Å². The van der Waals surface area contributed by atoms with Gasteiger partial charge in [0, 0.05) is 19.1 Å². The Morgan fingerprint density at radius 3 is 2.03 bits per heavy atom. The third kappa shape index (κ3) is 5.81. The molecule has 0 saturated carbocycles. The zero-order valence-electron chi connectivity index (χ0n) is 19.7. The van der Waals surface area contributed by atoms with Crippen molar-refractivity contribution in [1.29, 1.82) is 0 Å². The SMILES string of the molecule is COc1ccc(CN2CCC3(CCN(CCC(N)c4ccc(OC)cc4)CC3)C2=O)cc1.Cl. The van der Waals surface area contributed by atoms with Gasteiger partial charge in [-0.15, -0.1) is 12.4 Å². The molecule has 0 radical (unpaired) electrons. The van der Waals surface area contributed by atoms with E-state index in [0.29, 0.717) is 12.5 Å². The molecular weight excluding hydrogens is 438 g/mol. The molecule has 2 aliphatic heterocycles. The number of nitrogens with zero attached hydrogens (tertiary/aromatic N) is 2. The summed E-state index contributed by atoms with van der Waals surface area (Å²) in [6.07, 6.45) is 3.78. The van der Waals surface area contributed by atoms with Crippen LogP contribution in [0.5, 0.6) is 11.5 Å². The van der Waals surface area contributed by atoms with Crippen molar-refractivity contribution in [2.45, 2.75) is 38.3 Å². The highest BCUT2D eigenvalue weighted by Crippen LogP contribution is 2.42. The summed E-state index contributed by atoms with van der Waals surface area (Å²) >= 11 is 0. The van der Waals surface area contributed by atoms with Gasteiger partial charge < -0.3 is 25.0 Å². The monoisotopic (exact) mass is 473 g/mol. The van der Waals surface area contributed by atoms with E-state index in [-0.39, 0.29) is 23.9 Å². The zero-order chi connectivity index (χ0) is 22.6. The molecule has 2 aliphatic rings. The smallest absolute Gasteiger partial charge is 0.229 e. The largest absolute Gasteiger partial charge is 0.497 e. The molecule has 2 fully saturated rings. The summed E-state index contributed by atoms with van der Waals surface area (Å²) in [6, 6.07) is 16.0. The molecule has 6 nitrogen and oxygen atoms in total. The summed E-state index contributed by atoms with van der Waals surface area (Å²) in [5.41, 5.74) is 8.54. The van der Waals surface area contributed by atoms with Crippen LogP contribution in [0.3, 0.4) is 0 Å². The molecule has 0 aromatic heterocycles. The van der Waals surface area contributed by atoms with E-state index in [2.05, 4.69) is 4.90 Å². The lowest BCUT2D eigenvalue weighted by molar-refractivity contribution is -0.138. The van der Waals surface area contributed by atoms with Gasteiger partial charge in [-0.2, -0.15) is 0 Å². The van der Waals surface area contributed by atoms with E-state index < -0.39 is 0 Å². The van der Waals surface area contributed by atoms with Crippen molar-refractivity contribution >= 4 is 18.3 Å². The van der Waals surface area contributed by atoms with Crippen LogP contribution in [0.15, 0.2) is 48.5 Å². The molecule has 2 aromatic rings. The fraction of sp³-hybridized carbons (Fsp3) is 0.500. The van der Waals surface area contributed by atoms with Crippen LogP contribution in [0.4, 0.5) is 0 Å². The van der Waals surface area contributed by atoms with Gasteiger partial charge in [0.25, 0.3) is 0 Å². The predicted molar refractivity (Wildman–Crippen MR) is 133 cm³/mol. The van der Waals surface area contributed by atoms with E-state index in [1.807, 2.05) is 53.4 Å². The van der Waals surface area contributed by atoms with E-state index in [4.69, 9.17) is 15.2 Å². The van der Waals surface area contributed by atoms with Gasteiger partial charge in [-0.25, -0.2) is 0 Å². The minimum atomic E-state index is -0.166. The number of halogens is 1. The van der Waals surface area contributed by atoms with Crippen LogP contribution < -0.4 is 15.2 Å². The third-order valence-electron chi connectivity index (χ3n) is 7.25. The second kappa shape index (κ2) is 11.2. The predicted octanol–water partition coefficient (Wildman–Crippen LogP) is 4.03. The summed E-state index contributed by atoms with van der Waals surface area (Å²) in [5, 5.41) is 0. The molecule has 33 heavy (non-hydrogen) atoms. The number of piperidine rings is 1. The van der Waals surface area contributed by atoms with E-state index >= 15 is 0 Å².